The number of hydrogen-bond donors (Lipinski definition) is 1. The van der Waals surface area contributed by atoms with Crippen LogP contribution in [0, 0.1) is 11.7 Å². The summed E-state index contributed by atoms with van der Waals surface area (Å²) in [7, 11) is 0. The summed E-state index contributed by atoms with van der Waals surface area (Å²) in [6, 6.07) is 5.79. The summed E-state index contributed by atoms with van der Waals surface area (Å²) in [5, 5.41) is 8.74. The molecule has 3 heteroatoms. The highest BCUT2D eigenvalue weighted by atomic mass is 19.1. The monoisotopic (exact) mass is 194 g/mol. The van der Waals surface area contributed by atoms with Crippen molar-refractivity contribution in [3.63, 3.8) is 0 Å². The summed E-state index contributed by atoms with van der Waals surface area (Å²) < 4.78 is 12.5. The molecule has 2 nitrogen and oxygen atoms in total. The number of halogens is 1. The fourth-order valence-corrected chi connectivity index (χ4v) is 1.15. The average Bonchev–Trinajstić information content (AvgIpc) is 2.16. The van der Waals surface area contributed by atoms with Crippen LogP contribution < -0.4 is 0 Å². The van der Waals surface area contributed by atoms with Crippen LogP contribution in [0.15, 0.2) is 36.9 Å². The highest BCUT2D eigenvalue weighted by Gasteiger charge is 2.13. The molecule has 0 unspecified atom stereocenters. The maximum atomic E-state index is 12.5. The van der Waals surface area contributed by atoms with Crippen LogP contribution >= 0.6 is 0 Å². The van der Waals surface area contributed by atoms with Crippen molar-refractivity contribution in [3.8, 4) is 0 Å². The van der Waals surface area contributed by atoms with E-state index in [2.05, 4.69) is 6.58 Å². The molecule has 0 bridgehead atoms. The van der Waals surface area contributed by atoms with Gasteiger partial charge in [-0.2, -0.15) is 0 Å². The van der Waals surface area contributed by atoms with Crippen LogP contribution in [0.1, 0.15) is 5.56 Å². The Kier molecular flexibility index (Phi) is 3.40. The molecule has 1 aromatic carbocycles. The predicted octanol–water partition coefficient (Wildman–Crippen LogP) is 2.25. The van der Waals surface area contributed by atoms with Gasteiger partial charge in [0, 0.05) is 0 Å². The lowest BCUT2D eigenvalue weighted by Crippen LogP contribution is -2.13. The Morgan fingerprint density at radius 1 is 1.50 bits per heavy atom. The lowest BCUT2D eigenvalue weighted by atomic mass is 10.00. The molecule has 0 saturated carbocycles. The van der Waals surface area contributed by atoms with Gasteiger partial charge in [0.25, 0.3) is 0 Å². The SMILES string of the molecule is C=C[C@@H](Cc1ccc(F)cc1)C(=O)O. The van der Waals surface area contributed by atoms with E-state index in [9.17, 15) is 9.18 Å². The Hall–Kier alpha value is -1.64. The molecule has 0 aliphatic heterocycles. The second-order valence-corrected chi connectivity index (χ2v) is 3.01. The molecule has 1 N–H and O–H groups in total. The van der Waals surface area contributed by atoms with Gasteiger partial charge >= 0.3 is 5.97 Å². The van der Waals surface area contributed by atoms with Crippen LogP contribution in [0.3, 0.4) is 0 Å². The van der Waals surface area contributed by atoms with E-state index in [0.29, 0.717) is 6.42 Å². The third-order valence-corrected chi connectivity index (χ3v) is 1.97. The topological polar surface area (TPSA) is 37.3 Å². The fraction of sp³-hybridized carbons (Fsp3) is 0.182. The maximum absolute atomic E-state index is 12.5. The smallest absolute Gasteiger partial charge is 0.310 e. The molecule has 0 radical (unpaired) electrons. The number of hydrogen-bond acceptors (Lipinski definition) is 1. The predicted molar refractivity (Wildman–Crippen MR) is 51.4 cm³/mol. The first-order valence-electron chi connectivity index (χ1n) is 4.23. The van der Waals surface area contributed by atoms with E-state index in [-0.39, 0.29) is 5.82 Å². The number of benzene rings is 1. The highest BCUT2D eigenvalue weighted by molar-refractivity contribution is 5.72. The normalized spacial score (nSPS) is 12.1. The molecule has 1 rings (SSSR count). The van der Waals surface area contributed by atoms with E-state index in [1.165, 1.54) is 18.2 Å². The van der Waals surface area contributed by atoms with E-state index in [1.54, 1.807) is 12.1 Å². The van der Waals surface area contributed by atoms with Crippen molar-refractivity contribution in [2.75, 3.05) is 0 Å². The second-order valence-electron chi connectivity index (χ2n) is 3.01. The van der Waals surface area contributed by atoms with Crippen molar-refractivity contribution in [1.29, 1.82) is 0 Å². The van der Waals surface area contributed by atoms with Crippen LogP contribution in [-0.2, 0) is 11.2 Å². The van der Waals surface area contributed by atoms with E-state index in [4.69, 9.17) is 5.11 Å². The Morgan fingerprint density at radius 3 is 2.50 bits per heavy atom. The summed E-state index contributed by atoms with van der Waals surface area (Å²) in [6.07, 6.45) is 1.73. The van der Waals surface area contributed by atoms with E-state index >= 15 is 0 Å². The van der Waals surface area contributed by atoms with E-state index < -0.39 is 11.9 Å². The summed E-state index contributed by atoms with van der Waals surface area (Å²) in [5.41, 5.74) is 0.790. The van der Waals surface area contributed by atoms with Crippen molar-refractivity contribution < 1.29 is 14.3 Å². The molecule has 0 spiro atoms. The number of carboxylic acid groups (broad SMARTS) is 1. The summed E-state index contributed by atoms with van der Waals surface area (Å²) in [4.78, 5) is 10.7. The molecular weight excluding hydrogens is 183 g/mol. The minimum atomic E-state index is -0.913. The van der Waals surface area contributed by atoms with Gasteiger partial charge in [0.2, 0.25) is 0 Å². The minimum Gasteiger partial charge on any atom is -0.481 e. The first-order valence-corrected chi connectivity index (χ1v) is 4.23. The largest absolute Gasteiger partial charge is 0.481 e. The van der Waals surface area contributed by atoms with Crippen molar-refractivity contribution in [1.82, 2.24) is 0 Å². The lowest BCUT2D eigenvalue weighted by Gasteiger charge is -2.06. The number of carbonyl (C=O) groups is 1. The van der Waals surface area contributed by atoms with Gasteiger partial charge in [0.1, 0.15) is 5.82 Å². The van der Waals surface area contributed by atoms with Crippen molar-refractivity contribution in [3.05, 3.63) is 48.3 Å². The number of aliphatic carboxylic acids is 1. The fourth-order valence-electron chi connectivity index (χ4n) is 1.15. The molecule has 0 aliphatic carbocycles. The van der Waals surface area contributed by atoms with Crippen LogP contribution in [0.2, 0.25) is 0 Å². The molecular formula is C11H11FO2. The van der Waals surface area contributed by atoms with Gasteiger partial charge in [-0.1, -0.05) is 18.2 Å². The van der Waals surface area contributed by atoms with Gasteiger partial charge in [-0.05, 0) is 24.1 Å². The molecule has 74 valence electrons. The molecule has 0 fully saturated rings. The zero-order chi connectivity index (χ0) is 10.6. The van der Waals surface area contributed by atoms with Crippen molar-refractivity contribution in [2.24, 2.45) is 5.92 Å². The molecule has 0 saturated heterocycles. The summed E-state index contributed by atoms with van der Waals surface area (Å²) in [6.45, 7) is 3.44. The van der Waals surface area contributed by atoms with Crippen LogP contribution in [0.25, 0.3) is 0 Å². The molecule has 1 aromatic rings. The van der Waals surface area contributed by atoms with E-state index in [1.807, 2.05) is 0 Å². The third kappa shape index (κ3) is 2.69. The minimum absolute atomic E-state index is 0.320. The highest BCUT2D eigenvalue weighted by Crippen LogP contribution is 2.10. The zero-order valence-corrected chi connectivity index (χ0v) is 7.61. The van der Waals surface area contributed by atoms with E-state index in [0.717, 1.165) is 5.56 Å². The van der Waals surface area contributed by atoms with Gasteiger partial charge < -0.3 is 5.11 Å². The maximum Gasteiger partial charge on any atom is 0.310 e. The molecule has 0 heterocycles. The lowest BCUT2D eigenvalue weighted by molar-refractivity contribution is -0.140. The zero-order valence-electron chi connectivity index (χ0n) is 7.61. The Balaban J connectivity index is 2.72. The molecule has 0 amide bonds. The second kappa shape index (κ2) is 4.56. The van der Waals surface area contributed by atoms with Gasteiger partial charge in [-0.15, -0.1) is 6.58 Å². The molecule has 1 atom stereocenters. The third-order valence-electron chi connectivity index (χ3n) is 1.97. The first kappa shape index (κ1) is 10.4. The molecule has 14 heavy (non-hydrogen) atoms. The summed E-state index contributed by atoms with van der Waals surface area (Å²) >= 11 is 0. The number of carboxylic acids is 1. The van der Waals surface area contributed by atoms with Crippen LogP contribution in [0.5, 0.6) is 0 Å². The molecule has 0 aliphatic rings. The Morgan fingerprint density at radius 2 is 2.07 bits per heavy atom. The van der Waals surface area contributed by atoms with Gasteiger partial charge in [0.15, 0.2) is 0 Å². The van der Waals surface area contributed by atoms with Crippen LogP contribution in [-0.4, -0.2) is 11.1 Å². The Labute approximate surface area is 81.7 Å². The quantitative estimate of drug-likeness (QED) is 0.746. The molecule has 0 aromatic heterocycles. The average molecular weight is 194 g/mol. The van der Waals surface area contributed by atoms with Crippen LogP contribution in [0.4, 0.5) is 4.39 Å². The van der Waals surface area contributed by atoms with Gasteiger partial charge in [-0.25, -0.2) is 4.39 Å². The van der Waals surface area contributed by atoms with Crippen molar-refractivity contribution in [2.45, 2.75) is 6.42 Å². The first-order chi connectivity index (χ1) is 6.63. The van der Waals surface area contributed by atoms with Crippen molar-refractivity contribution >= 4 is 5.97 Å². The Bertz CT molecular complexity index is 330. The standard InChI is InChI=1S/C11H11FO2/c1-2-9(11(13)14)7-8-3-5-10(12)6-4-8/h2-6,9H,1,7H2,(H,13,14)/t9-/m0/s1. The van der Waals surface area contributed by atoms with Gasteiger partial charge in [-0.3, -0.25) is 4.79 Å². The number of rotatable bonds is 4. The summed E-state index contributed by atoms with van der Waals surface area (Å²) in [5.74, 6) is -1.84. The van der Waals surface area contributed by atoms with Gasteiger partial charge in [0.05, 0.1) is 5.92 Å².